The van der Waals surface area contributed by atoms with Crippen molar-refractivity contribution >= 4 is 17.4 Å². The summed E-state index contributed by atoms with van der Waals surface area (Å²) < 4.78 is 27.2. The number of anilines is 2. The first-order valence-electron chi connectivity index (χ1n) is 5.51. The van der Waals surface area contributed by atoms with Gasteiger partial charge in [0.1, 0.15) is 5.82 Å². The van der Waals surface area contributed by atoms with E-state index in [9.17, 15) is 13.6 Å². The van der Waals surface area contributed by atoms with Gasteiger partial charge in [-0.05, 0) is 18.2 Å². The van der Waals surface area contributed by atoms with Gasteiger partial charge in [0.25, 0.3) is 5.91 Å². The van der Waals surface area contributed by atoms with Gasteiger partial charge in [-0.15, -0.1) is 0 Å². The van der Waals surface area contributed by atoms with Crippen LogP contribution in [0.3, 0.4) is 0 Å². The molecular formula is C13H11F2N3O. The summed E-state index contributed by atoms with van der Waals surface area (Å²) in [5, 5.41) is 4.83. The monoisotopic (exact) mass is 263 g/mol. The minimum atomic E-state index is -0.779. The molecule has 4 nitrogen and oxygen atoms in total. The summed E-state index contributed by atoms with van der Waals surface area (Å²) >= 11 is 0. The zero-order chi connectivity index (χ0) is 13.8. The Morgan fingerprint density at radius 1 is 1.21 bits per heavy atom. The van der Waals surface area contributed by atoms with Crippen molar-refractivity contribution < 1.29 is 13.6 Å². The molecule has 0 aliphatic heterocycles. The molecule has 2 rings (SSSR count). The number of nitrogens with zero attached hydrogens (tertiary/aromatic N) is 1. The average molecular weight is 263 g/mol. The Hall–Kier alpha value is -2.50. The summed E-state index contributed by atoms with van der Waals surface area (Å²) in [5.41, 5.74) is -0.211. The molecule has 0 bridgehead atoms. The number of para-hydroxylation sites is 1. The van der Waals surface area contributed by atoms with E-state index in [4.69, 9.17) is 0 Å². The van der Waals surface area contributed by atoms with Crippen molar-refractivity contribution in [1.82, 2.24) is 4.98 Å². The van der Waals surface area contributed by atoms with Crippen LogP contribution in [0.5, 0.6) is 0 Å². The van der Waals surface area contributed by atoms with E-state index < -0.39 is 17.5 Å². The van der Waals surface area contributed by atoms with Gasteiger partial charge in [-0.25, -0.2) is 13.8 Å². The lowest BCUT2D eigenvalue weighted by atomic mass is 10.2. The first-order valence-corrected chi connectivity index (χ1v) is 5.51. The summed E-state index contributed by atoms with van der Waals surface area (Å²) in [6.07, 6.45) is 1.30. The van der Waals surface area contributed by atoms with Crippen LogP contribution in [0.4, 0.5) is 20.3 Å². The third kappa shape index (κ3) is 2.67. The van der Waals surface area contributed by atoms with Gasteiger partial charge >= 0.3 is 0 Å². The summed E-state index contributed by atoms with van der Waals surface area (Å²) in [6, 6.07) is 6.90. The van der Waals surface area contributed by atoms with Crippen molar-refractivity contribution in [1.29, 1.82) is 0 Å². The van der Waals surface area contributed by atoms with Crippen molar-refractivity contribution in [2.75, 3.05) is 17.7 Å². The molecule has 0 fully saturated rings. The van der Waals surface area contributed by atoms with Crippen LogP contribution in [0.25, 0.3) is 0 Å². The van der Waals surface area contributed by atoms with Crippen LogP contribution >= 0.6 is 0 Å². The smallest absolute Gasteiger partial charge is 0.258 e. The molecule has 1 aromatic heterocycles. The summed E-state index contributed by atoms with van der Waals surface area (Å²) in [4.78, 5) is 15.6. The van der Waals surface area contributed by atoms with E-state index in [2.05, 4.69) is 15.6 Å². The van der Waals surface area contributed by atoms with Gasteiger partial charge in [-0.3, -0.25) is 4.79 Å². The van der Waals surface area contributed by atoms with Crippen LogP contribution in [0.1, 0.15) is 10.4 Å². The summed E-state index contributed by atoms with van der Waals surface area (Å²) in [6.45, 7) is 0. The van der Waals surface area contributed by atoms with Gasteiger partial charge < -0.3 is 10.6 Å². The zero-order valence-electron chi connectivity index (χ0n) is 10.1. The van der Waals surface area contributed by atoms with E-state index in [0.29, 0.717) is 0 Å². The molecule has 0 radical (unpaired) electrons. The molecule has 98 valence electrons. The number of rotatable bonds is 3. The molecule has 0 aliphatic rings. The van der Waals surface area contributed by atoms with Crippen molar-refractivity contribution in [3.05, 3.63) is 53.7 Å². The molecule has 0 atom stereocenters. The predicted octanol–water partition coefficient (Wildman–Crippen LogP) is 2.65. The second kappa shape index (κ2) is 5.43. The van der Waals surface area contributed by atoms with Crippen LogP contribution in [-0.4, -0.2) is 17.9 Å². The predicted molar refractivity (Wildman–Crippen MR) is 68.1 cm³/mol. The number of benzene rings is 1. The quantitative estimate of drug-likeness (QED) is 0.895. The summed E-state index contributed by atoms with van der Waals surface area (Å²) in [5.74, 6) is -2.14. The van der Waals surface area contributed by atoms with Gasteiger partial charge in [0.15, 0.2) is 11.6 Å². The maximum absolute atomic E-state index is 13.8. The molecule has 0 saturated heterocycles. The molecule has 0 saturated carbocycles. The van der Waals surface area contributed by atoms with E-state index in [1.807, 2.05) is 0 Å². The molecular weight excluding hydrogens is 252 g/mol. The molecule has 0 aliphatic carbocycles. The fourth-order valence-corrected chi connectivity index (χ4v) is 1.55. The van der Waals surface area contributed by atoms with E-state index in [0.717, 1.165) is 0 Å². The third-order valence-corrected chi connectivity index (χ3v) is 2.49. The minimum absolute atomic E-state index is 0.00489. The lowest BCUT2D eigenvalue weighted by Gasteiger charge is -2.08. The van der Waals surface area contributed by atoms with Crippen LogP contribution in [0.15, 0.2) is 36.5 Å². The normalized spacial score (nSPS) is 10.1. The fraction of sp³-hybridized carbons (Fsp3) is 0.0769. The highest BCUT2D eigenvalue weighted by molar-refractivity contribution is 6.04. The van der Waals surface area contributed by atoms with Crippen LogP contribution < -0.4 is 10.6 Å². The zero-order valence-corrected chi connectivity index (χ0v) is 10.1. The SMILES string of the molecule is CNc1nccc(C(=O)Nc2ccccc2F)c1F. The number of pyridine rings is 1. The molecule has 2 aromatic rings. The molecule has 1 amide bonds. The molecule has 2 N–H and O–H groups in total. The van der Waals surface area contributed by atoms with Crippen LogP contribution in [-0.2, 0) is 0 Å². The van der Waals surface area contributed by atoms with Gasteiger partial charge in [0.2, 0.25) is 0 Å². The highest BCUT2D eigenvalue weighted by Crippen LogP contribution is 2.18. The first kappa shape index (κ1) is 12.9. The third-order valence-electron chi connectivity index (χ3n) is 2.49. The van der Waals surface area contributed by atoms with Crippen molar-refractivity contribution in [3.8, 4) is 0 Å². The average Bonchev–Trinajstić information content (AvgIpc) is 2.41. The van der Waals surface area contributed by atoms with Crippen molar-refractivity contribution in [2.24, 2.45) is 0 Å². The minimum Gasteiger partial charge on any atom is -0.371 e. The van der Waals surface area contributed by atoms with Gasteiger partial charge in [0.05, 0.1) is 11.3 Å². The van der Waals surface area contributed by atoms with Gasteiger partial charge in [0, 0.05) is 13.2 Å². The Labute approximate surface area is 108 Å². The maximum Gasteiger partial charge on any atom is 0.258 e. The van der Waals surface area contributed by atoms with Gasteiger partial charge in [-0.1, -0.05) is 12.1 Å². The van der Waals surface area contributed by atoms with Gasteiger partial charge in [-0.2, -0.15) is 0 Å². The number of hydrogen-bond donors (Lipinski definition) is 2. The Balaban J connectivity index is 2.28. The topological polar surface area (TPSA) is 54.0 Å². The lowest BCUT2D eigenvalue weighted by molar-refractivity contribution is 0.102. The van der Waals surface area contributed by atoms with Crippen molar-refractivity contribution in [3.63, 3.8) is 0 Å². The Kier molecular flexibility index (Phi) is 3.70. The van der Waals surface area contributed by atoms with Crippen LogP contribution in [0, 0.1) is 11.6 Å². The highest BCUT2D eigenvalue weighted by atomic mass is 19.1. The number of carbonyl (C=O) groups excluding carboxylic acids is 1. The van der Waals surface area contributed by atoms with Crippen molar-refractivity contribution in [2.45, 2.75) is 0 Å². The Morgan fingerprint density at radius 2 is 1.95 bits per heavy atom. The second-order valence-electron chi connectivity index (χ2n) is 3.71. The Morgan fingerprint density at radius 3 is 2.63 bits per heavy atom. The van der Waals surface area contributed by atoms with E-state index >= 15 is 0 Å². The number of amides is 1. The number of hydrogen-bond acceptors (Lipinski definition) is 3. The molecule has 19 heavy (non-hydrogen) atoms. The molecule has 6 heteroatoms. The molecule has 1 aromatic carbocycles. The fourth-order valence-electron chi connectivity index (χ4n) is 1.55. The number of halogens is 2. The standard InChI is InChI=1S/C13H11F2N3O/c1-16-12-11(15)8(6-7-17-12)13(19)18-10-5-3-2-4-9(10)14/h2-7H,1H3,(H,16,17)(H,18,19). The molecule has 0 unspecified atom stereocenters. The number of aromatic nitrogens is 1. The first-order chi connectivity index (χ1) is 9.13. The summed E-state index contributed by atoms with van der Waals surface area (Å²) in [7, 11) is 1.49. The second-order valence-corrected chi connectivity index (χ2v) is 3.71. The van der Waals surface area contributed by atoms with E-state index in [1.54, 1.807) is 6.07 Å². The van der Waals surface area contributed by atoms with E-state index in [1.165, 1.54) is 37.5 Å². The maximum atomic E-state index is 13.8. The Bertz CT molecular complexity index is 617. The lowest BCUT2D eigenvalue weighted by Crippen LogP contribution is -2.16. The molecule has 0 spiro atoms. The van der Waals surface area contributed by atoms with E-state index in [-0.39, 0.29) is 17.1 Å². The van der Waals surface area contributed by atoms with Crippen LogP contribution in [0.2, 0.25) is 0 Å². The number of nitrogens with one attached hydrogen (secondary N) is 2. The molecule has 1 heterocycles. The number of carbonyl (C=O) groups is 1. The highest BCUT2D eigenvalue weighted by Gasteiger charge is 2.16. The largest absolute Gasteiger partial charge is 0.371 e.